The normalized spacial score (nSPS) is 18.0. The van der Waals surface area contributed by atoms with Gasteiger partial charge < -0.3 is 25.2 Å². The van der Waals surface area contributed by atoms with E-state index in [-0.39, 0.29) is 30.1 Å². The average molecular weight is 573 g/mol. The van der Waals surface area contributed by atoms with Crippen molar-refractivity contribution >= 4 is 41.7 Å². The summed E-state index contributed by atoms with van der Waals surface area (Å²) in [6.07, 6.45) is 2.70. The maximum absolute atomic E-state index is 11.8. The van der Waals surface area contributed by atoms with Crippen molar-refractivity contribution < 1.29 is 9.53 Å². The molecule has 0 radical (unpaired) electrons. The molecule has 2 saturated heterocycles. The second-order valence-corrected chi connectivity index (χ2v) is 8.62. The van der Waals surface area contributed by atoms with Crippen LogP contribution < -0.4 is 15.5 Å². The zero-order chi connectivity index (χ0) is 22.8. The summed E-state index contributed by atoms with van der Waals surface area (Å²) in [5.41, 5.74) is 2.66. The maximum atomic E-state index is 11.8. The van der Waals surface area contributed by atoms with Gasteiger partial charge in [-0.25, -0.2) is 4.79 Å². The van der Waals surface area contributed by atoms with Crippen LogP contribution in [-0.2, 0) is 4.74 Å². The number of carbonyl (C=O) groups is 1. The van der Waals surface area contributed by atoms with Gasteiger partial charge in [0.15, 0.2) is 5.96 Å². The number of carbonyl (C=O) groups excluding carboxylic acids is 1. The number of aryl methyl sites for hydroxylation is 1. The van der Waals surface area contributed by atoms with Gasteiger partial charge in [-0.1, -0.05) is 12.1 Å². The second-order valence-electron chi connectivity index (χ2n) is 8.62. The molecule has 2 N–H and O–H groups in total. The number of nitrogens with one attached hydrogen (secondary N) is 2. The van der Waals surface area contributed by atoms with Gasteiger partial charge in [-0.05, 0) is 57.4 Å². The number of nitrogens with zero attached hydrogens (tertiary/aromatic N) is 4. The third-order valence-corrected chi connectivity index (χ3v) is 6.27. The monoisotopic (exact) mass is 572 g/mol. The van der Waals surface area contributed by atoms with E-state index in [0.29, 0.717) is 12.6 Å². The van der Waals surface area contributed by atoms with Crippen LogP contribution in [0.4, 0.5) is 10.5 Å². The summed E-state index contributed by atoms with van der Waals surface area (Å²) in [5, 5.41) is 6.95. The Morgan fingerprint density at radius 3 is 2.52 bits per heavy atom. The highest BCUT2D eigenvalue weighted by atomic mass is 127. The van der Waals surface area contributed by atoms with E-state index in [2.05, 4.69) is 56.6 Å². The van der Waals surface area contributed by atoms with Gasteiger partial charge in [-0.3, -0.25) is 9.89 Å². The molecule has 0 aliphatic carbocycles. The third kappa shape index (κ3) is 8.84. The molecule has 0 spiro atoms. The molecule has 186 valence electrons. The third-order valence-electron chi connectivity index (χ3n) is 6.27. The fourth-order valence-electron chi connectivity index (χ4n) is 4.37. The average Bonchev–Trinajstić information content (AvgIpc) is 2.82. The van der Waals surface area contributed by atoms with Gasteiger partial charge in [0.1, 0.15) is 0 Å². The van der Waals surface area contributed by atoms with E-state index >= 15 is 0 Å². The Hall–Kier alpha value is -1.75. The number of rotatable bonds is 7. The molecule has 3 rings (SSSR count). The Morgan fingerprint density at radius 1 is 1.15 bits per heavy atom. The zero-order valence-corrected chi connectivity index (χ0v) is 22.7. The maximum Gasteiger partial charge on any atom is 0.409 e. The minimum absolute atomic E-state index is 0. The number of hydrogen-bond donors (Lipinski definition) is 2. The van der Waals surface area contributed by atoms with Crippen LogP contribution >= 0.6 is 24.0 Å². The lowest BCUT2D eigenvalue weighted by Crippen LogP contribution is -2.50. The molecule has 9 heteroatoms. The Kier molecular flexibility index (Phi) is 12.1. The van der Waals surface area contributed by atoms with Crippen molar-refractivity contribution in [2.45, 2.75) is 39.2 Å². The number of amides is 1. The first-order valence-electron chi connectivity index (χ1n) is 12.0. The number of piperazine rings is 1. The van der Waals surface area contributed by atoms with Crippen molar-refractivity contribution in [3.8, 4) is 0 Å². The number of guanidine groups is 1. The van der Waals surface area contributed by atoms with Gasteiger partial charge in [0, 0.05) is 64.6 Å². The number of ether oxygens (including phenoxy) is 1. The number of likely N-dealkylation sites (tertiary alicyclic amines) is 1. The van der Waals surface area contributed by atoms with Crippen LogP contribution in [0.5, 0.6) is 0 Å². The Balaban J connectivity index is 0.00000385. The molecule has 33 heavy (non-hydrogen) atoms. The lowest BCUT2D eigenvalue weighted by atomic mass is 10.1. The smallest absolute Gasteiger partial charge is 0.409 e. The van der Waals surface area contributed by atoms with E-state index in [1.165, 1.54) is 11.3 Å². The van der Waals surface area contributed by atoms with Gasteiger partial charge in [0.25, 0.3) is 0 Å². The summed E-state index contributed by atoms with van der Waals surface area (Å²) in [5.74, 6) is 0.851. The number of hydrogen-bond acceptors (Lipinski definition) is 5. The van der Waals surface area contributed by atoms with Crippen LogP contribution in [0, 0.1) is 6.92 Å². The highest BCUT2D eigenvalue weighted by molar-refractivity contribution is 14.0. The standard InChI is InChI=1S/C24H40N6O2.HI/c1-4-32-24(31)30-13-9-21(10-14-30)27-23(25-3)26-11-6-12-28-15-17-29(18-16-28)22-8-5-7-20(2)19-22;/h5,7-8,19,21H,4,6,9-18H2,1-3H3,(H2,25,26,27);1H. The lowest BCUT2D eigenvalue weighted by molar-refractivity contribution is 0.0963. The molecule has 8 nitrogen and oxygen atoms in total. The minimum atomic E-state index is -0.201. The topological polar surface area (TPSA) is 72.4 Å². The van der Waals surface area contributed by atoms with Crippen LogP contribution in [0.25, 0.3) is 0 Å². The van der Waals surface area contributed by atoms with E-state index in [9.17, 15) is 4.79 Å². The second kappa shape index (κ2) is 14.5. The van der Waals surface area contributed by atoms with Gasteiger partial charge in [0.2, 0.25) is 0 Å². The Labute approximate surface area is 216 Å². The molecule has 2 heterocycles. The van der Waals surface area contributed by atoms with Crippen molar-refractivity contribution in [2.75, 3.05) is 70.9 Å². The molecule has 1 aromatic rings. The van der Waals surface area contributed by atoms with Crippen molar-refractivity contribution in [1.82, 2.24) is 20.4 Å². The van der Waals surface area contributed by atoms with Gasteiger partial charge in [-0.2, -0.15) is 0 Å². The number of aliphatic imine (C=N–C) groups is 1. The SMILES string of the molecule is CCOC(=O)N1CCC(NC(=NC)NCCCN2CCN(c3cccc(C)c3)CC2)CC1.I. The van der Waals surface area contributed by atoms with Crippen molar-refractivity contribution in [3.05, 3.63) is 29.8 Å². The highest BCUT2D eigenvalue weighted by Crippen LogP contribution is 2.17. The number of halogens is 1. The van der Waals surface area contributed by atoms with Crippen molar-refractivity contribution in [1.29, 1.82) is 0 Å². The van der Waals surface area contributed by atoms with Crippen LogP contribution in [0.3, 0.4) is 0 Å². The van der Waals surface area contributed by atoms with E-state index < -0.39 is 0 Å². The van der Waals surface area contributed by atoms with E-state index in [4.69, 9.17) is 4.74 Å². The molecule has 0 aromatic heterocycles. The molecule has 1 amide bonds. The highest BCUT2D eigenvalue weighted by Gasteiger charge is 2.24. The lowest BCUT2D eigenvalue weighted by Gasteiger charge is -2.36. The van der Waals surface area contributed by atoms with Crippen LogP contribution in [0.15, 0.2) is 29.3 Å². The first kappa shape index (κ1) is 27.5. The summed E-state index contributed by atoms with van der Waals surface area (Å²) in [4.78, 5) is 23.0. The van der Waals surface area contributed by atoms with E-state index in [1.54, 1.807) is 4.90 Å². The Morgan fingerprint density at radius 2 is 1.88 bits per heavy atom. The Bertz CT molecular complexity index is 746. The summed E-state index contributed by atoms with van der Waals surface area (Å²) < 4.78 is 5.09. The summed E-state index contributed by atoms with van der Waals surface area (Å²) in [6.45, 7) is 12.3. The molecule has 0 atom stereocenters. The van der Waals surface area contributed by atoms with E-state index in [1.807, 2.05) is 14.0 Å². The number of piperidine rings is 1. The van der Waals surface area contributed by atoms with Gasteiger partial charge >= 0.3 is 6.09 Å². The fraction of sp³-hybridized carbons (Fsp3) is 0.667. The molecule has 1 aromatic carbocycles. The van der Waals surface area contributed by atoms with Gasteiger partial charge in [-0.15, -0.1) is 24.0 Å². The first-order valence-corrected chi connectivity index (χ1v) is 12.0. The predicted molar refractivity (Wildman–Crippen MR) is 146 cm³/mol. The molecule has 0 saturated carbocycles. The summed E-state index contributed by atoms with van der Waals surface area (Å²) in [7, 11) is 1.81. The molecule has 2 fully saturated rings. The summed E-state index contributed by atoms with van der Waals surface area (Å²) >= 11 is 0. The molecular formula is C24H41IN6O2. The molecule has 2 aliphatic rings. The zero-order valence-electron chi connectivity index (χ0n) is 20.4. The van der Waals surface area contributed by atoms with Crippen molar-refractivity contribution in [3.63, 3.8) is 0 Å². The molecule has 2 aliphatic heterocycles. The fourth-order valence-corrected chi connectivity index (χ4v) is 4.37. The molecular weight excluding hydrogens is 531 g/mol. The van der Waals surface area contributed by atoms with Crippen molar-refractivity contribution in [2.24, 2.45) is 4.99 Å². The minimum Gasteiger partial charge on any atom is -0.450 e. The predicted octanol–water partition coefficient (Wildman–Crippen LogP) is 2.91. The summed E-state index contributed by atoms with van der Waals surface area (Å²) in [6, 6.07) is 9.13. The molecule has 0 unspecified atom stereocenters. The largest absolute Gasteiger partial charge is 0.450 e. The number of benzene rings is 1. The number of anilines is 1. The van der Waals surface area contributed by atoms with Crippen LogP contribution in [0.2, 0.25) is 0 Å². The van der Waals surface area contributed by atoms with Crippen LogP contribution in [-0.4, -0.2) is 93.9 Å². The van der Waals surface area contributed by atoms with E-state index in [0.717, 1.165) is 77.6 Å². The van der Waals surface area contributed by atoms with Gasteiger partial charge in [0.05, 0.1) is 6.61 Å². The quantitative estimate of drug-likeness (QED) is 0.227. The molecule has 0 bridgehead atoms. The first-order chi connectivity index (χ1) is 15.6. The van der Waals surface area contributed by atoms with Crippen LogP contribution in [0.1, 0.15) is 31.7 Å².